The zero-order valence-corrected chi connectivity index (χ0v) is 14.8. The SMILES string of the molecule is CC(C)(C)c1ccc(-c2nnco2)cc1.c1ccc2ccccc2c1. The second-order valence-corrected chi connectivity index (χ2v) is 6.92. The first kappa shape index (κ1) is 16.9. The zero-order chi connectivity index (χ0) is 17.7. The molecule has 4 aromatic rings. The summed E-state index contributed by atoms with van der Waals surface area (Å²) in [6.07, 6.45) is 1.34. The molecule has 1 aromatic heterocycles. The van der Waals surface area contributed by atoms with Gasteiger partial charge in [0.05, 0.1) is 0 Å². The van der Waals surface area contributed by atoms with Crippen molar-refractivity contribution in [3.8, 4) is 11.5 Å². The average molecular weight is 330 g/mol. The molecule has 0 fully saturated rings. The number of rotatable bonds is 1. The fourth-order valence-corrected chi connectivity index (χ4v) is 2.54. The molecular formula is C22H22N2O. The summed E-state index contributed by atoms with van der Waals surface area (Å²) >= 11 is 0. The van der Waals surface area contributed by atoms with Crippen LogP contribution in [-0.4, -0.2) is 10.2 Å². The highest BCUT2D eigenvalue weighted by atomic mass is 16.4. The number of hydrogen-bond donors (Lipinski definition) is 0. The van der Waals surface area contributed by atoms with Crippen molar-refractivity contribution in [1.82, 2.24) is 10.2 Å². The quantitative estimate of drug-likeness (QED) is 0.438. The topological polar surface area (TPSA) is 38.9 Å². The van der Waals surface area contributed by atoms with Crippen LogP contribution in [0.5, 0.6) is 0 Å². The molecule has 3 aromatic carbocycles. The lowest BCUT2D eigenvalue weighted by molar-refractivity contribution is 0.568. The fourth-order valence-electron chi connectivity index (χ4n) is 2.54. The molecule has 0 aliphatic heterocycles. The molecule has 0 aliphatic rings. The van der Waals surface area contributed by atoms with Crippen molar-refractivity contribution in [1.29, 1.82) is 0 Å². The molecule has 126 valence electrons. The van der Waals surface area contributed by atoms with E-state index in [0.717, 1.165) is 5.56 Å². The molecule has 0 saturated heterocycles. The number of aromatic nitrogens is 2. The second-order valence-electron chi connectivity index (χ2n) is 6.92. The number of nitrogens with zero attached hydrogens (tertiary/aromatic N) is 2. The van der Waals surface area contributed by atoms with Gasteiger partial charge in [0.1, 0.15) is 0 Å². The lowest BCUT2D eigenvalue weighted by Gasteiger charge is -2.18. The van der Waals surface area contributed by atoms with E-state index < -0.39 is 0 Å². The molecule has 3 nitrogen and oxygen atoms in total. The van der Waals surface area contributed by atoms with Crippen molar-refractivity contribution >= 4 is 10.8 Å². The lowest BCUT2D eigenvalue weighted by Crippen LogP contribution is -2.10. The standard InChI is InChI=1S/C12H14N2O.C10H8/c1-12(2,3)10-6-4-9(5-7-10)11-14-13-8-15-11;1-2-6-10-8-4-3-7-9(10)5-1/h4-8H,1-3H3;1-8H. The molecule has 0 unspecified atom stereocenters. The molecule has 0 amide bonds. The Morgan fingerprint density at radius 3 is 1.64 bits per heavy atom. The molecule has 0 saturated carbocycles. The van der Waals surface area contributed by atoms with Crippen LogP contribution in [0.3, 0.4) is 0 Å². The zero-order valence-electron chi connectivity index (χ0n) is 14.8. The molecule has 3 heteroatoms. The first-order valence-corrected chi connectivity index (χ1v) is 8.35. The summed E-state index contributed by atoms with van der Waals surface area (Å²) in [5.41, 5.74) is 2.43. The van der Waals surface area contributed by atoms with Crippen LogP contribution >= 0.6 is 0 Å². The Hall–Kier alpha value is -2.94. The second kappa shape index (κ2) is 7.31. The van der Waals surface area contributed by atoms with Gasteiger partial charge in [-0.05, 0) is 33.9 Å². The van der Waals surface area contributed by atoms with Crippen molar-refractivity contribution in [2.75, 3.05) is 0 Å². The summed E-state index contributed by atoms with van der Waals surface area (Å²) in [6.45, 7) is 6.57. The van der Waals surface area contributed by atoms with Crippen LogP contribution in [0, 0.1) is 0 Å². The van der Waals surface area contributed by atoms with Gasteiger partial charge in [-0.15, -0.1) is 10.2 Å². The maximum absolute atomic E-state index is 5.12. The lowest BCUT2D eigenvalue weighted by atomic mass is 9.87. The number of fused-ring (bicyclic) bond motifs is 1. The Morgan fingerprint density at radius 1 is 0.720 bits per heavy atom. The van der Waals surface area contributed by atoms with E-state index in [1.807, 2.05) is 12.1 Å². The molecule has 0 radical (unpaired) electrons. The van der Waals surface area contributed by atoms with Crippen molar-refractivity contribution in [2.45, 2.75) is 26.2 Å². The van der Waals surface area contributed by atoms with Crippen LogP contribution in [0.4, 0.5) is 0 Å². The summed E-state index contributed by atoms with van der Waals surface area (Å²) < 4.78 is 5.12. The van der Waals surface area contributed by atoms with Gasteiger partial charge in [0.15, 0.2) is 0 Å². The third kappa shape index (κ3) is 4.32. The third-order valence-electron chi connectivity index (χ3n) is 4.02. The van der Waals surface area contributed by atoms with Gasteiger partial charge in [-0.3, -0.25) is 0 Å². The van der Waals surface area contributed by atoms with E-state index in [1.54, 1.807) is 0 Å². The van der Waals surface area contributed by atoms with Crippen LogP contribution in [0.1, 0.15) is 26.3 Å². The first-order valence-electron chi connectivity index (χ1n) is 8.35. The van der Waals surface area contributed by atoms with Gasteiger partial charge in [-0.2, -0.15) is 0 Å². The Morgan fingerprint density at radius 2 is 1.24 bits per heavy atom. The number of benzene rings is 3. The summed E-state index contributed by atoms with van der Waals surface area (Å²) in [5, 5.41) is 10.1. The van der Waals surface area contributed by atoms with Gasteiger partial charge in [0.2, 0.25) is 12.3 Å². The highest BCUT2D eigenvalue weighted by Gasteiger charge is 2.13. The summed E-state index contributed by atoms with van der Waals surface area (Å²) in [4.78, 5) is 0. The van der Waals surface area contributed by atoms with E-state index in [9.17, 15) is 0 Å². The molecular weight excluding hydrogens is 308 g/mol. The van der Waals surface area contributed by atoms with Gasteiger partial charge < -0.3 is 4.42 Å². The summed E-state index contributed by atoms with van der Waals surface area (Å²) in [7, 11) is 0. The Bertz CT molecular complexity index is 855. The highest BCUT2D eigenvalue weighted by molar-refractivity contribution is 5.82. The normalized spacial score (nSPS) is 11.0. The predicted octanol–water partition coefficient (Wildman–Crippen LogP) is 5.87. The van der Waals surface area contributed by atoms with Crippen LogP contribution < -0.4 is 0 Å². The summed E-state index contributed by atoms with van der Waals surface area (Å²) in [6, 6.07) is 24.9. The largest absolute Gasteiger partial charge is 0.423 e. The van der Waals surface area contributed by atoms with Crippen molar-refractivity contribution in [3.05, 3.63) is 84.8 Å². The molecule has 0 aliphatic carbocycles. The smallest absolute Gasteiger partial charge is 0.247 e. The molecule has 0 N–H and O–H groups in total. The van der Waals surface area contributed by atoms with Gasteiger partial charge in [-0.25, -0.2) is 0 Å². The van der Waals surface area contributed by atoms with Crippen molar-refractivity contribution < 1.29 is 4.42 Å². The Kier molecular flexibility index (Phi) is 4.94. The van der Waals surface area contributed by atoms with Crippen LogP contribution in [0.2, 0.25) is 0 Å². The maximum atomic E-state index is 5.12. The van der Waals surface area contributed by atoms with E-state index in [0.29, 0.717) is 5.89 Å². The predicted molar refractivity (Wildman–Crippen MR) is 102 cm³/mol. The van der Waals surface area contributed by atoms with Crippen molar-refractivity contribution in [2.24, 2.45) is 0 Å². The van der Waals surface area contributed by atoms with Gasteiger partial charge >= 0.3 is 0 Å². The minimum Gasteiger partial charge on any atom is -0.423 e. The van der Waals surface area contributed by atoms with Gasteiger partial charge in [0.25, 0.3) is 0 Å². The minimum atomic E-state index is 0.174. The van der Waals surface area contributed by atoms with E-state index in [1.165, 1.54) is 22.7 Å². The highest BCUT2D eigenvalue weighted by Crippen LogP contribution is 2.24. The van der Waals surface area contributed by atoms with Gasteiger partial charge in [0, 0.05) is 5.56 Å². The molecule has 0 atom stereocenters. The van der Waals surface area contributed by atoms with Crippen molar-refractivity contribution in [3.63, 3.8) is 0 Å². The van der Waals surface area contributed by atoms with Crippen LogP contribution in [0.15, 0.2) is 83.6 Å². The van der Waals surface area contributed by atoms with Crippen LogP contribution in [-0.2, 0) is 5.41 Å². The Balaban J connectivity index is 0.000000157. The summed E-state index contributed by atoms with van der Waals surface area (Å²) in [5.74, 6) is 0.565. The van der Waals surface area contributed by atoms with E-state index in [4.69, 9.17) is 4.42 Å². The number of hydrogen-bond acceptors (Lipinski definition) is 3. The van der Waals surface area contributed by atoms with Gasteiger partial charge in [-0.1, -0.05) is 81.4 Å². The monoisotopic (exact) mass is 330 g/mol. The van der Waals surface area contributed by atoms with E-state index in [2.05, 4.69) is 91.6 Å². The van der Waals surface area contributed by atoms with Crippen LogP contribution in [0.25, 0.3) is 22.2 Å². The average Bonchev–Trinajstić information content (AvgIpc) is 3.16. The van der Waals surface area contributed by atoms with E-state index >= 15 is 0 Å². The minimum absolute atomic E-state index is 0.174. The Labute approximate surface area is 148 Å². The third-order valence-corrected chi connectivity index (χ3v) is 4.02. The first-order chi connectivity index (χ1) is 12.0. The van der Waals surface area contributed by atoms with E-state index in [-0.39, 0.29) is 5.41 Å². The molecule has 1 heterocycles. The maximum Gasteiger partial charge on any atom is 0.247 e. The fraction of sp³-hybridized carbons (Fsp3) is 0.182. The molecule has 0 bridgehead atoms. The molecule has 25 heavy (non-hydrogen) atoms. The molecule has 0 spiro atoms. The molecule has 4 rings (SSSR count).